The molecule has 5 aromatic rings. The molecule has 1 heterocycles. The number of hydrogen-bond donors (Lipinski definition) is 2. The minimum absolute atomic E-state index is 0.0154. The Morgan fingerprint density at radius 2 is 1.72 bits per heavy atom. The Bertz CT molecular complexity index is 1840. The number of nitrogens with zero attached hydrogens (tertiary/aromatic N) is 1. The van der Waals surface area contributed by atoms with E-state index in [1.54, 1.807) is 13.0 Å². The van der Waals surface area contributed by atoms with Crippen molar-refractivity contribution in [1.82, 2.24) is 10.4 Å². The number of benzene rings is 4. The topological polar surface area (TPSA) is 92.8 Å². The van der Waals surface area contributed by atoms with Gasteiger partial charge in [-0.1, -0.05) is 48.5 Å². The highest BCUT2D eigenvalue weighted by molar-refractivity contribution is 9.10. The second-order valence-corrected chi connectivity index (χ2v) is 10.1. The second kappa shape index (κ2) is 12.5. The Morgan fingerprint density at radius 1 is 0.953 bits per heavy atom. The van der Waals surface area contributed by atoms with Gasteiger partial charge < -0.3 is 14.5 Å². The van der Waals surface area contributed by atoms with Gasteiger partial charge in [0.2, 0.25) is 0 Å². The van der Waals surface area contributed by atoms with Crippen molar-refractivity contribution in [2.75, 3.05) is 6.61 Å². The molecule has 0 fully saturated rings. The van der Waals surface area contributed by atoms with E-state index < -0.39 is 23.6 Å². The first-order valence-electron chi connectivity index (χ1n) is 13.0. The van der Waals surface area contributed by atoms with Crippen LogP contribution in [0.3, 0.4) is 0 Å². The number of nitrogens with one attached hydrogen (secondary N) is 2. The fourth-order valence-electron chi connectivity index (χ4n) is 4.42. The molecule has 0 aliphatic carbocycles. The summed E-state index contributed by atoms with van der Waals surface area (Å²) in [6.07, 6.45) is -3.21. The summed E-state index contributed by atoms with van der Waals surface area (Å²) in [7, 11) is 0. The van der Waals surface area contributed by atoms with E-state index in [0.29, 0.717) is 11.3 Å². The number of fused-ring (bicyclic) bond motifs is 1. The summed E-state index contributed by atoms with van der Waals surface area (Å²) in [5.41, 5.74) is 4.52. The molecule has 0 spiro atoms. The first-order chi connectivity index (χ1) is 20.7. The molecule has 0 saturated carbocycles. The number of carbonyl (C=O) groups is 2. The monoisotopic (exact) mass is 649 g/mol. The van der Waals surface area contributed by atoms with Crippen LogP contribution in [0.25, 0.3) is 22.0 Å². The summed E-state index contributed by atoms with van der Waals surface area (Å²) in [5.74, 6) is -1.25. The van der Waals surface area contributed by atoms with Crippen LogP contribution in [-0.2, 0) is 6.18 Å². The molecule has 11 heteroatoms. The molecular weight excluding hydrogens is 627 g/mol. The maximum atomic E-state index is 13.3. The largest absolute Gasteiger partial charge is 0.490 e. The molecule has 0 radical (unpaired) electrons. The third kappa shape index (κ3) is 6.62. The summed E-state index contributed by atoms with van der Waals surface area (Å²) in [6, 6.07) is 23.7. The van der Waals surface area contributed by atoms with Crippen LogP contribution in [0, 0.1) is 0 Å². The molecule has 0 atom stereocenters. The minimum atomic E-state index is -4.60. The molecule has 0 aliphatic heterocycles. The molecule has 1 aromatic heterocycles. The Balaban J connectivity index is 1.35. The van der Waals surface area contributed by atoms with Crippen LogP contribution >= 0.6 is 15.9 Å². The number of rotatable bonds is 8. The van der Waals surface area contributed by atoms with Crippen molar-refractivity contribution in [3.05, 3.63) is 118 Å². The molecule has 1 amide bonds. The fraction of sp³-hybridized carbons (Fsp3) is 0.0938. The summed E-state index contributed by atoms with van der Waals surface area (Å²) in [6.45, 7) is 1.95. The first-order valence-corrected chi connectivity index (χ1v) is 13.8. The number of carbonyl (C=O) groups excluding carboxylic acids is 2. The smallest absolute Gasteiger partial charge is 0.416 e. The van der Waals surface area contributed by atoms with Gasteiger partial charge in [-0.3, -0.25) is 4.79 Å². The number of hydrogen-bond acceptors (Lipinski definition) is 5. The molecule has 4 aromatic carbocycles. The van der Waals surface area contributed by atoms with Gasteiger partial charge in [0.1, 0.15) is 5.69 Å². The Morgan fingerprint density at radius 3 is 2.47 bits per heavy atom. The van der Waals surface area contributed by atoms with E-state index >= 15 is 0 Å². The zero-order valence-electron chi connectivity index (χ0n) is 22.5. The summed E-state index contributed by atoms with van der Waals surface area (Å²) in [4.78, 5) is 29.1. The lowest BCUT2D eigenvalue weighted by molar-refractivity contribution is -0.137. The molecule has 5 rings (SSSR count). The number of para-hydroxylation sites is 1. The Labute approximate surface area is 252 Å². The van der Waals surface area contributed by atoms with Gasteiger partial charge in [0.15, 0.2) is 11.5 Å². The van der Waals surface area contributed by atoms with E-state index in [1.165, 1.54) is 24.4 Å². The first kappa shape index (κ1) is 29.6. The molecule has 0 unspecified atom stereocenters. The summed E-state index contributed by atoms with van der Waals surface area (Å²) < 4.78 is 50.9. The highest BCUT2D eigenvalue weighted by atomic mass is 79.9. The molecule has 43 heavy (non-hydrogen) atoms. The van der Waals surface area contributed by atoms with Crippen LogP contribution < -0.4 is 14.9 Å². The zero-order chi connectivity index (χ0) is 30.6. The van der Waals surface area contributed by atoms with Gasteiger partial charge >= 0.3 is 12.1 Å². The lowest BCUT2D eigenvalue weighted by Gasteiger charge is -2.12. The predicted octanol–water partition coefficient (Wildman–Crippen LogP) is 8.00. The van der Waals surface area contributed by atoms with Gasteiger partial charge in [-0.2, -0.15) is 18.3 Å². The molecular formula is C32H23BrF3N3O4. The van der Waals surface area contributed by atoms with Gasteiger partial charge in [0.25, 0.3) is 5.91 Å². The van der Waals surface area contributed by atoms with E-state index in [-0.39, 0.29) is 23.7 Å². The third-order valence-corrected chi connectivity index (χ3v) is 7.01. The summed E-state index contributed by atoms with van der Waals surface area (Å²) in [5, 5.41) is 4.96. The van der Waals surface area contributed by atoms with E-state index in [0.717, 1.165) is 44.7 Å². The Hall–Kier alpha value is -4.90. The van der Waals surface area contributed by atoms with Crippen LogP contribution in [0.15, 0.2) is 101 Å². The molecule has 2 N–H and O–H groups in total. The predicted molar refractivity (Wildman–Crippen MR) is 161 cm³/mol. The molecule has 0 saturated heterocycles. The molecule has 7 nitrogen and oxygen atoms in total. The van der Waals surface area contributed by atoms with Crippen LogP contribution in [0.5, 0.6) is 11.5 Å². The van der Waals surface area contributed by atoms with Crippen molar-refractivity contribution in [3.63, 3.8) is 0 Å². The van der Waals surface area contributed by atoms with Crippen LogP contribution in [0.2, 0.25) is 0 Å². The number of H-pyrrole nitrogens is 1. The lowest BCUT2D eigenvalue weighted by atomic mass is 10.0. The molecule has 0 bridgehead atoms. The SMILES string of the molecule is CCOc1cc(C=NNC(=O)c2[nH]c3c(Br)cccc3c2-c2ccccc2)ccc1OC(=O)c1cccc(C(F)(F)F)c1. The van der Waals surface area contributed by atoms with Crippen LogP contribution in [-0.4, -0.2) is 29.7 Å². The maximum Gasteiger partial charge on any atom is 0.416 e. The van der Waals surface area contributed by atoms with E-state index in [1.807, 2.05) is 48.5 Å². The number of hydrazone groups is 1. The number of aromatic amines is 1. The van der Waals surface area contributed by atoms with Gasteiger partial charge in [-0.15, -0.1) is 0 Å². The van der Waals surface area contributed by atoms with Crippen molar-refractivity contribution in [2.24, 2.45) is 5.10 Å². The molecule has 0 aliphatic rings. The third-order valence-electron chi connectivity index (χ3n) is 6.35. The van der Waals surface area contributed by atoms with Gasteiger partial charge in [-0.05, 0) is 76.4 Å². The van der Waals surface area contributed by atoms with E-state index in [9.17, 15) is 22.8 Å². The highest BCUT2D eigenvalue weighted by Gasteiger charge is 2.31. The minimum Gasteiger partial charge on any atom is -0.490 e. The number of alkyl halides is 3. The van der Waals surface area contributed by atoms with Crippen molar-refractivity contribution in [3.8, 4) is 22.6 Å². The fourth-order valence-corrected chi connectivity index (χ4v) is 4.88. The highest BCUT2D eigenvalue weighted by Crippen LogP contribution is 2.36. The van der Waals surface area contributed by atoms with Gasteiger partial charge in [0, 0.05) is 15.4 Å². The number of aromatic nitrogens is 1. The van der Waals surface area contributed by atoms with Crippen LogP contribution in [0.4, 0.5) is 13.2 Å². The Kier molecular flexibility index (Phi) is 8.63. The second-order valence-electron chi connectivity index (χ2n) is 9.21. The maximum absolute atomic E-state index is 13.3. The number of amides is 1. The normalized spacial score (nSPS) is 11.6. The number of halogens is 4. The quantitative estimate of drug-likeness (QED) is 0.0771. The zero-order valence-corrected chi connectivity index (χ0v) is 24.1. The number of esters is 1. The molecule has 218 valence electrons. The van der Waals surface area contributed by atoms with Crippen molar-refractivity contribution in [2.45, 2.75) is 13.1 Å². The van der Waals surface area contributed by atoms with Crippen molar-refractivity contribution >= 4 is 44.9 Å². The van der Waals surface area contributed by atoms with Gasteiger partial charge in [-0.25, -0.2) is 10.2 Å². The summed E-state index contributed by atoms with van der Waals surface area (Å²) >= 11 is 3.53. The van der Waals surface area contributed by atoms with E-state index in [2.05, 4.69) is 31.4 Å². The van der Waals surface area contributed by atoms with Gasteiger partial charge in [0.05, 0.1) is 29.5 Å². The lowest BCUT2D eigenvalue weighted by Crippen LogP contribution is -2.19. The standard InChI is InChI=1S/C32H23BrF3N3O4/c1-2-42-26-16-19(14-15-25(26)43-31(41)21-10-6-11-22(17-21)32(34,35)36)18-37-39-30(40)29-27(20-8-4-3-5-9-20)23-12-7-13-24(33)28(23)38-29/h3-18,38H,2H2,1H3,(H,39,40). The average Bonchev–Trinajstić information content (AvgIpc) is 3.40. The van der Waals surface area contributed by atoms with Crippen molar-refractivity contribution in [1.29, 1.82) is 0 Å². The van der Waals surface area contributed by atoms with E-state index in [4.69, 9.17) is 9.47 Å². The van der Waals surface area contributed by atoms with Crippen molar-refractivity contribution < 1.29 is 32.2 Å². The number of ether oxygens (including phenoxy) is 2. The average molecular weight is 650 g/mol. The van der Waals surface area contributed by atoms with Crippen LogP contribution in [0.1, 0.15) is 38.9 Å².